The molecule has 3 atom stereocenters. The molecule has 9 heteroatoms. The number of carbonyl (C=O) groups excluding carboxylic acids is 1. The molecular formula is C24H26ClN5O2S. The van der Waals surface area contributed by atoms with Gasteiger partial charge in [0.25, 0.3) is 0 Å². The molecule has 1 saturated heterocycles. The summed E-state index contributed by atoms with van der Waals surface area (Å²) in [6.45, 7) is 2.92. The molecule has 0 spiro atoms. The third-order valence-corrected chi connectivity index (χ3v) is 7.83. The highest BCUT2D eigenvalue weighted by Gasteiger charge is 2.41. The van der Waals surface area contributed by atoms with Crippen molar-refractivity contribution in [1.29, 1.82) is 0 Å². The second-order valence-electron chi connectivity index (χ2n) is 8.42. The van der Waals surface area contributed by atoms with E-state index in [1.807, 2.05) is 58.1 Å². The van der Waals surface area contributed by atoms with E-state index < -0.39 is 5.25 Å². The number of aromatic nitrogens is 3. The van der Waals surface area contributed by atoms with Crippen molar-refractivity contribution in [2.75, 3.05) is 19.1 Å². The van der Waals surface area contributed by atoms with Gasteiger partial charge >= 0.3 is 0 Å². The number of methoxy groups -OCH3 is 1. The SMILES string of the molecule is COc1ccc([C@@H]2Nn3c(nnc3-c3ccccc3)S[C@H]2C(=O)N2CCCC[C@@H]2C)cc1Cl. The van der Waals surface area contributed by atoms with Crippen molar-refractivity contribution in [3.05, 3.63) is 59.1 Å². The van der Waals surface area contributed by atoms with Gasteiger partial charge < -0.3 is 15.1 Å². The first-order valence-electron chi connectivity index (χ1n) is 11.1. The molecule has 0 unspecified atom stereocenters. The number of piperidine rings is 1. The number of hydrogen-bond donors (Lipinski definition) is 1. The summed E-state index contributed by atoms with van der Waals surface area (Å²) >= 11 is 7.92. The van der Waals surface area contributed by atoms with Crippen LogP contribution in [-0.2, 0) is 4.79 Å². The van der Waals surface area contributed by atoms with Gasteiger partial charge in [-0.15, -0.1) is 10.2 Å². The van der Waals surface area contributed by atoms with Crippen LogP contribution in [0.4, 0.5) is 0 Å². The zero-order chi connectivity index (χ0) is 22.9. The third-order valence-electron chi connectivity index (χ3n) is 6.33. The molecular weight excluding hydrogens is 458 g/mol. The van der Waals surface area contributed by atoms with E-state index in [0.717, 1.165) is 36.9 Å². The molecule has 0 bridgehead atoms. The summed E-state index contributed by atoms with van der Waals surface area (Å²) in [5.41, 5.74) is 5.39. The van der Waals surface area contributed by atoms with Crippen LogP contribution >= 0.6 is 23.4 Å². The normalized spacial score (nSPS) is 22.4. The molecule has 3 heterocycles. The Balaban J connectivity index is 1.55. The fraction of sp³-hybridized carbons (Fsp3) is 0.375. The molecule has 172 valence electrons. The Labute approximate surface area is 202 Å². The van der Waals surface area contributed by atoms with Crippen molar-refractivity contribution >= 4 is 29.3 Å². The number of rotatable bonds is 4. The Morgan fingerprint density at radius 2 is 2.00 bits per heavy atom. The maximum absolute atomic E-state index is 13.8. The highest BCUT2D eigenvalue weighted by atomic mass is 35.5. The fourth-order valence-corrected chi connectivity index (χ4v) is 5.95. The number of amides is 1. The molecule has 0 radical (unpaired) electrons. The van der Waals surface area contributed by atoms with E-state index in [-0.39, 0.29) is 18.0 Å². The zero-order valence-corrected chi connectivity index (χ0v) is 20.1. The summed E-state index contributed by atoms with van der Waals surface area (Å²) in [7, 11) is 1.59. The van der Waals surface area contributed by atoms with E-state index in [0.29, 0.717) is 21.8 Å². The molecule has 0 aliphatic carbocycles. The number of nitrogens with one attached hydrogen (secondary N) is 1. The number of carbonyl (C=O) groups is 1. The lowest BCUT2D eigenvalue weighted by Gasteiger charge is -2.39. The van der Waals surface area contributed by atoms with Crippen LogP contribution in [0.1, 0.15) is 37.8 Å². The van der Waals surface area contributed by atoms with Gasteiger partial charge in [-0.25, -0.2) is 4.68 Å². The van der Waals surface area contributed by atoms with E-state index in [4.69, 9.17) is 16.3 Å². The lowest BCUT2D eigenvalue weighted by Crippen LogP contribution is -2.50. The zero-order valence-electron chi connectivity index (χ0n) is 18.6. The Hall–Kier alpha value is -2.71. The minimum atomic E-state index is -0.393. The Bertz CT molecular complexity index is 1160. The molecule has 2 aliphatic rings. The summed E-state index contributed by atoms with van der Waals surface area (Å²) < 4.78 is 7.21. The van der Waals surface area contributed by atoms with Crippen LogP contribution in [0.3, 0.4) is 0 Å². The van der Waals surface area contributed by atoms with Gasteiger partial charge in [0.1, 0.15) is 11.0 Å². The Kier molecular flexibility index (Phi) is 6.21. The number of ether oxygens (including phenoxy) is 1. The third kappa shape index (κ3) is 4.17. The number of thioether (sulfide) groups is 1. The lowest BCUT2D eigenvalue weighted by atomic mass is 9.99. The number of halogens is 1. The molecule has 1 amide bonds. The minimum Gasteiger partial charge on any atom is -0.495 e. The molecule has 7 nitrogen and oxygen atoms in total. The van der Waals surface area contributed by atoms with Crippen molar-refractivity contribution < 1.29 is 9.53 Å². The quantitative estimate of drug-likeness (QED) is 0.576. The summed E-state index contributed by atoms with van der Waals surface area (Å²) in [5.74, 6) is 1.43. The highest BCUT2D eigenvalue weighted by molar-refractivity contribution is 8.00. The number of likely N-dealkylation sites (tertiary alicyclic amines) is 1. The minimum absolute atomic E-state index is 0.118. The summed E-state index contributed by atoms with van der Waals surface area (Å²) in [6.07, 6.45) is 3.23. The highest BCUT2D eigenvalue weighted by Crippen LogP contribution is 2.41. The Morgan fingerprint density at radius 1 is 1.18 bits per heavy atom. The molecule has 5 rings (SSSR count). The van der Waals surface area contributed by atoms with Crippen molar-refractivity contribution in [1.82, 2.24) is 19.8 Å². The van der Waals surface area contributed by atoms with Crippen LogP contribution in [0, 0.1) is 0 Å². The van der Waals surface area contributed by atoms with Crippen molar-refractivity contribution in [3.63, 3.8) is 0 Å². The molecule has 3 aromatic rings. The first-order valence-corrected chi connectivity index (χ1v) is 12.4. The smallest absolute Gasteiger partial charge is 0.238 e. The van der Waals surface area contributed by atoms with E-state index in [2.05, 4.69) is 22.5 Å². The van der Waals surface area contributed by atoms with Gasteiger partial charge in [-0.05, 0) is 43.9 Å². The van der Waals surface area contributed by atoms with E-state index in [1.54, 1.807) is 7.11 Å². The van der Waals surface area contributed by atoms with E-state index in [9.17, 15) is 4.79 Å². The Morgan fingerprint density at radius 3 is 2.73 bits per heavy atom. The molecule has 1 fully saturated rings. The standard InChI is InChI=1S/C24H26ClN5O2S/c1-15-8-6-7-13-29(15)23(31)21-20(17-11-12-19(32-2)18(25)14-17)28-30-22(26-27-24(30)33-21)16-9-4-3-5-10-16/h3-5,9-12,14-15,20-21,28H,6-8,13H2,1-2H3/t15-,20-,21+/m0/s1. The largest absolute Gasteiger partial charge is 0.495 e. The first kappa shape index (κ1) is 22.1. The van der Waals surface area contributed by atoms with Crippen LogP contribution in [0.2, 0.25) is 5.02 Å². The maximum atomic E-state index is 13.8. The molecule has 2 aliphatic heterocycles. The maximum Gasteiger partial charge on any atom is 0.238 e. The van der Waals surface area contributed by atoms with Crippen LogP contribution < -0.4 is 10.2 Å². The van der Waals surface area contributed by atoms with Gasteiger partial charge in [0.2, 0.25) is 11.1 Å². The van der Waals surface area contributed by atoms with Gasteiger partial charge in [-0.1, -0.05) is 59.8 Å². The number of nitrogens with zero attached hydrogens (tertiary/aromatic N) is 4. The van der Waals surface area contributed by atoms with Gasteiger partial charge in [0.05, 0.1) is 18.2 Å². The van der Waals surface area contributed by atoms with Crippen molar-refractivity contribution in [2.24, 2.45) is 0 Å². The van der Waals surface area contributed by atoms with Gasteiger partial charge in [0.15, 0.2) is 5.82 Å². The fourth-order valence-electron chi connectivity index (χ4n) is 4.53. The summed E-state index contributed by atoms with van der Waals surface area (Å²) in [5, 5.41) is 9.61. The van der Waals surface area contributed by atoms with Crippen LogP contribution in [-0.4, -0.2) is 50.6 Å². The van der Waals surface area contributed by atoms with Crippen LogP contribution in [0.5, 0.6) is 5.75 Å². The van der Waals surface area contributed by atoms with Gasteiger partial charge in [-0.3, -0.25) is 4.79 Å². The van der Waals surface area contributed by atoms with Gasteiger partial charge in [0, 0.05) is 18.2 Å². The number of benzene rings is 2. The lowest BCUT2D eigenvalue weighted by molar-refractivity contribution is -0.134. The van der Waals surface area contributed by atoms with E-state index >= 15 is 0 Å². The predicted octanol–water partition coefficient (Wildman–Crippen LogP) is 4.77. The number of fused-ring (bicyclic) bond motifs is 1. The first-order chi connectivity index (χ1) is 16.1. The average molecular weight is 484 g/mol. The van der Waals surface area contributed by atoms with Crippen LogP contribution in [0.25, 0.3) is 11.4 Å². The number of hydrogen-bond acceptors (Lipinski definition) is 6. The second-order valence-corrected chi connectivity index (χ2v) is 9.94. The topological polar surface area (TPSA) is 72.3 Å². The van der Waals surface area contributed by atoms with Crippen molar-refractivity contribution in [2.45, 2.75) is 48.7 Å². The second kappa shape index (κ2) is 9.27. The molecule has 33 heavy (non-hydrogen) atoms. The van der Waals surface area contributed by atoms with E-state index in [1.165, 1.54) is 11.8 Å². The summed E-state index contributed by atoms with van der Waals surface area (Å²) in [4.78, 5) is 15.8. The van der Waals surface area contributed by atoms with Crippen molar-refractivity contribution in [3.8, 4) is 17.1 Å². The average Bonchev–Trinajstić information content (AvgIpc) is 3.26. The summed E-state index contributed by atoms with van der Waals surface area (Å²) in [6, 6.07) is 15.5. The molecule has 1 N–H and O–H groups in total. The molecule has 2 aromatic carbocycles. The predicted molar refractivity (Wildman–Crippen MR) is 130 cm³/mol. The molecule has 0 saturated carbocycles. The monoisotopic (exact) mass is 483 g/mol. The van der Waals surface area contributed by atoms with Crippen LogP contribution in [0.15, 0.2) is 53.7 Å². The van der Waals surface area contributed by atoms with Gasteiger partial charge in [-0.2, -0.15) is 0 Å². The molecule has 1 aromatic heterocycles.